The van der Waals surface area contributed by atoms with Crippen LogP contribution in [0.2, 0.25) is 0 Å². The van der Waals surface area contributed by atoms with Gasteiger partial charge in [0.1, 0.15) is 23.8 Å². The Morgan fingerprint density at radius 2 is 1.93 bits per heavy atom. The van der Waals surface area contributed by atoms with Crippen molar-refractivity contribution in [2.75, 3.05) is 0 Å². The largest absolute Gasteiger partial charge is 0.488 e. The van der Waals surface area contributed by atoms with Crippen LogP contribution in [0.15, 0.2) is 45.6 Å². The second-order valence-electron chi connectivity index (χ2n) is 6.94. The zero-order chi connectivity index (χ0) is 19.7. The number of rotatable bonds is 5. The van der Waals surface area contributed by atoms with Crippen LogP contribution in [0.3, 0.4) is 0 Å². The van der Waals surface area contributed by atoms with Gasteiger partial charge in [-0.3, -0.25) is 4.79 Å². The molecule has 27 heavy (non-hydrogen) atoms. The molecule has 0 saturated heterocycles. The summed E-state index contributed by atoms with van der Waals surface area (Å²) in [5.41, 5.74) is 3.06. The van der Waals surface area contributed by atoms with Crippen LogP contribution in [-0.4, -0.2) is 5.78 Å². The minimum Gasteiger partial charge on any atom is -0.488 e. The van der Waals surface area contributed by atoms with Crippen molar-refractivity contribution in [3.63, 3.8) is 0 Å². The first kappa shape index (κ1) is 18.8. The van der Waals surface area contributed by atoms with Crippen molar-refractivity contribution in [1.29, 1.82) is 0 Å². The van der Waals surface area contributed by atoms with Gasteiger partial charge in [-0.2, -0.15) is 0 Å². The number of halogens is 1. The van der Waals surface area contributed by atoms with Crippen molar-refractivity contribution >= 4 is 16.8 Å². The van der Waals surface area contributed by atoms with Crippen molar-refractivity contribution in [1.82, 2.24) is 0 Å². The first-order chi connectivity index (χ1) is 12.8. The lowest BCUT2D eigenvalue weighted by Crippen LogP contribution is -2.07. The third-order valence-electron chi connectivity index (χ3n) is 4.54. The predicted octanol–water partition coefficient (Wildman–Crippen LogP) is 5.15. The highest BCUT2D eigenvalue weighted by molar-refractivity contribution is 5.96. The number of hydrogen-bond donors (Lipinski definition) is 0. The standard InChI is InChI=1S/C22H21FO4/c1-12(2)17-10-19-15(8-22(25)27-21(19)7-13(17)3)11-26-20-6-5-16(23)9-18(20)14(4)24/h5-10,12H,11H2,1-4H3. The fourth-order valence-corrected chi connectivity index (χ4v) is 3.19. The van der Waals surface area contributed by atoms with Crippen molar-refractivity contribution in [2.45, 2.75) is 40.2 Å². The van der Waals surface area contributed by atoms with Crippen molar-refractivity contribution in [3.05, 3.63) is 74.9 Å². The molecule has 2 aromatic carbocycles. The summed E-state index contributed by atoms with van der Waals surface area (Å²) in [4.78, 5) is 23.7. The van der Waals surface area contributed by atoms with Crippen LogP contribution in [0.1, 0.15) is 53.7 Å². The molecule has 0 N–H and O–H groups in total. The van der Waals surface area contributed by atoms with Gasteiger partial charge in [-0.05, 0) is 61.2 Å². The molecule has 0 radical (unpaired) electrons. The molecule has 1 aromatic heterocycles. The molecule has 0 aliphatic carbocycles. The molecule has 0 aliphatic heterocycles. The lowest BCUT2D eigenvalue weighted by Gasteiger charge is -2.14. The minimum absolute atomic E-state index is 0.0641. The molecule has 0 fully saturated rings. The Labute approximate surface area is 156 Å². The summed E-state index contributed by atoms with van der Waals surface area (Å²) in [6, 6.07) is 9.05. The van der Waals surface area contributed by atoms with Gasteiger partial charge in [0.15, 0.2) is 5.78 Å². The van der Waals surface area contributed by atoms with E-state index in [0.717, 1.165) is 22.6 Å². The molecule has 0 aliphatic rings. The van der Waals surface area contributed by atoms with E-state index >= 15 is 0 Å². The maximum absolute atomic E-state index is 13.4. The molecule has 140 valence electrons. The number of aryl methyl sites for hydroxylation is 1. The summed E-state index contributed by atoms with van der Waals surface area (Å²) in [6.45, 7) is 7.60. The zero-order valence-electron chi connectivity index (χ0n) is 15.8. The van der Waals surface area contributed by atoms with E-state index in [4.69, 9.17) is 9.15 Å². The first-order valence-corrected chi connectivity index (χ1v) is 8.77. The molecule has 4 nitrogen and oxygen atoms in total. The SMILES string of the molecule is CC(=O)c1cc(F)ccc1OCc1cc(=O)oc2cc(C)c(C(C)C)cc12. The summed E-state index contributed by atoms with van der Waals surface area (Å²) in [5.74, 6) is -0.201. The number of ketones is 1. The van der Waals surface area contributed by atoms with Crippen molar-refractivity contribution < 1.29 is 18.3 Å². The molecule has 3 aromatic rings. The maximum atomic E-state index is 13.4. The van der Waals surface area contributed by atoms with E-state index in [9.17, 15) is 14.0 Å². The fraction of sp³-hybridized carbons (Fsp3) is 0.273. The minimum atomic E-state index is -0.504. The molecular formula is C22H21FO4. The molecule has 0 amide bonds. The van der Waals surface area contributed by atoms with Crippen LogP contribution in [0.25, 0.3) is 11.0 Å². The Balaban J connectivity index is 2.04. The average molecular weight is 368 g/mol. The van der Waals surface area contributed by atoms with Gasteiger partial charge in [-0.15, -0.1) is 0 Å². The highest BCUT2D eigenvalue weighted by Crippen LogP contribution is 2.28. The second-order valence-corrected chi connectivity index (χ2v) is 6.94. The summed E-state index contributed by atoms with van der Waals surface area (Å²) < 4.78 is 24.5. The summed E-state index contributed by atoms with van der Waals surface area (Å²) in [7, 11) is 0. The number of ether oxygens (including phenoxy) is 1. The van der Waals surface area contributed by atoms with Crippen LogP contribution in [0.5, 0.6) is 5.75 Å². The van der Waals surface area contributed by atoms with Crippen LogP contribution in [-0.2, 0) is 6.61 Å². The zero-order valence-corrected chi connectivity index (χ0v) is 15.8. The normalized spacial score (nSPS) is 11.2. The van der Waals surface area contributed by atoms with Crippen molar-refractivity contribution in [2.24, 2.45) is 0 Å². The number of carbonyl (C=O) groups is 1. The Kier molecular flexibility index (Phi) is 5.13. The first-order valence-electron chi connectivity index (χ1n) is 8.77. The monoisotopic (exact) mass is 368 g/mol. The van der Waals surface area contributed by atoms with E-state index in [1.807, 2.05) is 19.1 Å². The third-order valence-corrected chi connectivity index (χ3v) is 4.54. The van der Waals surface area contributed by atoms with E-state index in [1.165, 1.54) is 25.1 Å². The third kappa shape index (κ3) is 3.92. The second kappa shape index (κ2) is 7.35. The van der Waals surface area contributed by atoms with E-state index < -0.39 is 11.4 Å². The quantitative estimate of drug-likeness (QED) is 0.462. The number of carbonyl (C=O) groups excluding carboxylic acids is 1. The molecule has 0 saturated carbocycles. The van der Waals surface area contributed by atoms with Gasteiger partial charge in [0.05, 0.1) is 5.56 Å². The van der Waals surface area contributed by atoms with Crippen LogP contribution < -0.4 is 10.4 Å². The molecule has 0 bridgehead atoms. The molecule has 0 atom stereocenters. The van der Waals surface area contributed by atoms with Gasteiger partial charge in [0, 0.05) is 17.0 Å². The number of hydrogen-bond acceptors (Lipinski definition) is 4. The van der Waals surface area contributed by atoms with Gasteiger partial charge in [-0.25, -0.2) is 9.18 Å². The molecule has 1 heterocycles. The number of Topliss-reactive ketones (excluding diaryl/α,β-unsaturated/α-hetero) is 1. The Hall–Kier alpha value is -2.95. The fourth-order valence-electron chi connectivity index (χ4n) is 3.19. The summed E-state index contributed by atoms with van der Waals surface area (Å²) >= 11 is 0. The summed E-state index contributed by atoms with van der Waals surface area (Å²) in [6.07, 6.45) is 0. The topological polar surface area (TPSA) is 56.5 Å². The molecular weight excluding hydrogens is 347 g/mol. The molecule has 3 rings (SSSR count). The molecule has 0 unspecified atom stereocenters. The highest BCUT2D eigenvalue weighted by atomic mass is 19.1. The van der Waals surface area contributed by atoms with E-state index in [-0.39, 0.29) is 23.7 Å². The van der Waals surface area contributed by atoms with Gasteiger partial charge in [0.25, 0.3) is 0 Å². The van der Waals surface area contributed by atoms with E-state index in [1.54, 1.807) is 0 Å². The Morgan fingerprint density at radius 3 is 2.59 bits per heavy atom. The predicted molar refractivity (Wildman–Crippen MR) is 102 cm³/mol. The van der Waals surface area contributed by atoms with Gasteiger partial charge in [-0.1, -0.05) is 13.8 Å². The van der Waals surface area contributed by atoms with Gasteiger partial charge >= 0.3 is 5.63 Å². The number of fused-ring (bicyclic) bond motifs is 1. The van der Waals surface area contributed by atoms with Gasteiger partial charge in [0.2, 0.25) is 0 Å². The van der Waals surface area contributed by atoms with E-state index in [2.05, 4.69) is 13.8 Å². The Morgan fingerprint density at radius 1 is 1.19 bits per heavy atom. The lowest BCUT2D eigenvalue weighted by molar-refractivity contribution is 0.101. The van der Waals surface area contributed by atoms with Crippen LogP contribution in [0.4, 0.5) is 4.39 Å². The van der Waals surface area contributed by atoms with Gasteiger partial charge < -0.3 is 9.15 Å². The van der Waals surface area contributed by atoms with Crippen molar-refractivity contribution in [3.8, 4) is 5.75 Å². The lowest BCUT2D eigenvalue weighted by atomic mass is 9.95. The highest BCUT2D eigenvalue weighted by Gasteiger charge is 2.14. The number of benzene rings is 2. The average Bonchev–Trinajstić information content (AvgIpc) is 2.59. The Bertz CT molecular complexity index is 1080. The van der Waals surface area contributed by atoms with Crippen LogP contribution in [0, 0.1) is 12.7 Å². The molecule has 5 heteroatoms. The van der Waals surface area contributed by atoms with E-state index in [0.29, 0.717) is 17.1 Å². The molecule has 0 spiro atoms. The smallest absolute Gasteiger partial charge is 0.336 e. The van der Waals surface area contributed by atoms with Crippen LogP contribution >= 0.6 is 0 Å². The summed E-state index contributed by atoms with van der Waals surface area (Å²) in [5, 5.41) is 0.787. The maximum Gasteiger partial charge on any atom is 0.336 e.